The zero-order valence-electron chi connectivity index (χ0n) is 11.7. The summed E-state index contributed by atoms with van der Waals surface area (Å²) in [4.78, 5) is 20.7. The van der Waals surface area contributed by atoms with Crippen molar-refractivity contribution in [1.29, 1.82) is 0 Å². The lowest BCUT2D eigenvalue weighted by atomic mass is 10.1. The molecule has 0 fully saturated rings. The molecule has 0 saturated carbocycles. The van der Waals surface area contributed by atoms with E-state index < -0.39 is 0 Å². The molecule has 0 spiro atoms. The summed E-state index contributed by atoms with van der Waals surface area (Å²) < 4.78 is 1.73. The average molecular weight is 313 g/mol. The van der Waals surface area contributed by atoms with Gasteiger partial charge in [-0.05, 0) is 30.0 Å². The Kier molecular flexibility index (Phi) is 3.08. The van der Waals surface area contributed by atoms with E-state index in [0.29, 0.717) is 11.3 Å². The average Bonchev–Trinajstić information content (AvgIpc) is 3.12. The topological polar surface area (TPSA) is 59.3 Å². The van der Waals surface area contributed by atoms with Crippen LogP contribution in [0.15, 0.2) is 43.0 Å². The van der Waals surface area contributed by atoms with Crippen molar-refractivity contribution in [3.63, 3.8) is 0 Å². The van der Waals surface area contributed by atoms with Gasteiger partial charge in [0.05, 0.1) is 18.4 Å². The van der Waals surface area contributed by atoms with Gasteiger partial charge >= 0.3 is 0 Å². The van der Waals surface area contributed by atoms with Gasteiger partial charge in [-0.3, -0.25) is 14.2 Å². The summed E-state index contributed by atoms with van der Waals surface area (Å²) in [6, 6.07) is 5.83. The number of halogens is 1. The first-order chi connectivity index (χ1) is 10.7. The fraction of sp³-hybridized carbons (Fsp3) is 0.188. The van der Waals surface area contributed by atoms with Crippen LogP contribution in [0.2, 0.25) is 5.02 Å². The molecule has 1 unspecified atom stereocenters. The van der Waals surface area contributed by atoms with Crippen LogP contribution >= 0.6 is 11.6 Å². The highest BCUT2D eigenvalue weighted by Gasteiger charge is 2.26. The Hall–Kier alpha value is -2.40. The molecule has 1 amide bonds. The first-order valence-corrected chi connectivity index (χ1v) is 7.47. The summed E-state index contributed by atoms with van der Waals surface area (Å²) in [6.07, 6.45) is 8.31. The first-order valence-electron chi connectivity index (χ1n) is 7.09. The van der Waals surface area contributed by atoms with Crippen LogP contribution in [0.1, 0.15) is 34.1 Å². The molecule has 1 atom stereocenters. The van der Waals surface area contributed by atoms with E-state index in [1.807, 2.05) is 18.2 Å². The van der Waals surface area contributed by atoms with Crippen molar-refractivity contribution in [2.45, 2.75) is 18.9 Å². The fourth-order valence-electron chi connectivity index (χ4n) is 3.00. The molecular weight excluding hydrogens is 300 g/mol. The SMILES string of the molecule is O=C(NC1CCc2c(Cl)cccc21)c1cnc2cnccn12. The van der Waals surface area contributed by atoms with E-state index in [9.17, 15) is 4.79 Å². The number of benzene rings is 1. The Morgan fingerprint density at radius 1 is 1.36 bits per heavy atom. The minimum Gasteiger partial charge on any atom is -0.344 e. The van der Waals surface area contributed by atoms with E-state index >= 15 is 0 Å². The minimum absolute atomic E-state index is 0.00594. The number of nitrogens with zero attached hydrogens (tertiary/aromatic N) is 3. The van der Waals surface area contributed by atoms with Gasteiger partial charge in [0, 0.05) is 17.4 Å². The van der Waals surface area contributed by atoms with Crippen molar-refractivity contribution in [1.82, 2.24) is 19.7 Å². The number of rotatable bonds is 2. The molecule has 0 aliphatic heterocycles. The van der Waals surface area contributed by atoms with Gasteiger partial charge in [-0.25, -0.2) is 4.98 Å². The number of hydrogen-bond donors (Lipinski definition) is 1. The van der Waals surface area contributed by atoms with Gasteiger partial charge in [0.2, 0.25) is 0 Å². The molecule has 110 valence electrons. The number of fused-ring (bicyclic) bond motifs is 2. The van der Waals surface area contributed by atoms with Crippen molar-refractivity contribution in [2.24, 2.45) is 0 Å². The third kappa shape index (κ3) is 2.05. The molecule has 1 aliphatic carbocycles. The van der Waals surface area contributed by atoms with Gasteiger partial charge in [0.1, 0.15) is 5.69 Å². The highest BCUT2D eigenvalue weighted by molar-refractivity contribution is 6.31. The summed E-state index contributed by atoms with van der Waals surface area (Å²) in [5.74, 6) is -0.142. The number of carbonyl (C=O) groups is 1. The van der Waals surface area contributed by atoms with Crippen LogP contribution in [0.4, 0.5) is 0 Å². The molecule has 0 radical (unpaired) electrons. The van der Waals surface area contributed by atoms with Crippen molar-refractivity contribution in [2.75, 3.05) is 0 Å². The maximum atomic E-state index is 12.5. The summed E-state index contributed by atoms with van der Waals surface area (Å²) in [5, 5.41) is 3.85. The van der Waals surface area contributed by atoms with Crippen LogP contribution in [0, 0.1) is 0 Å². The third-order valence-electron chi connectivity index (χ3n) is 4.07. The second kappa shape index (κ2) is 5.10. The normalized spacial score (nSPS) is 16.7. The van der Waals surface area contributed by atoms with E-state index in [2.05, 4.69) is 15.3 Å². The third-order valence-corrected chi connectivity index (χ3v) is 4.42. The van der Waals surface area contributed by atoms with E-state index in [1.54, 1.807) is 29.2 Å². The lowest BCUT2D eigenvalue weighted by Crippen LogP contribution is -2.28. The van der Waals surface area contributed by atoms with E-state index in [4.69, 9.17) is 11.6 Å². The molecule has 5 nitrogen and oxygen atoms in total. The Bertz CT molecular complexity index is 873. The molecule has 22 heavy (non-hydrogen) atoms. The van der Waals surface area contributed by atoms with Crippen molar-refractivity contribution in [3.8, 4) is 0 Å². The van der Waals surface area contributed by atoms with Gasteiger partial charge < -0.3 is 5.32 Å². The number of nitrogens with one attached hydrogen (secondary N) is 1. The second-order valence-corrected chi connectivity index (χ2v) is 5.73. The molecule has 4 rings (SSSR count). The summed E-state index contributed by atoms with van der Waals surface area (Å²) >= 11 is 6.22. The number of amides is 1. The van der Waals surface area contributed by atoms with Gasteiger partial charge in [0.25, 0.3) is 5.91 Å². The maximum absolute atomic E-state index is 12.5. The largest absolute Gasteiger partial charge is 0.344 e. The standard InChI is InChI=1S/C16H13ClN4O/c17-12-3-1-2-11-10(12)4-5-13(11)20-16(22)14-8-19-15-9-18-6-7-21(14)15/h1-3,6-9,13H,4-5H2,(H,20,22). The second-order valence-electron chi connectivity index (χ2n) is 5.32. The predicted octanol–water partition coefficient (Wildman–Crippen LogP) is 2.80. The van der Waals surface area contributed by atoms with Gasteiger partial charge in [-0.1, -0.05) is 23.7 Å². The van der Waals surface area contributed by atoms with Crippen LogP contribution in [0.25, 0.3) is 5.65 Å². The summed E-state index contributed by atoms with van der Waals surface area (Å²) in [7, 11) is 0. The zero-order chi connectivity index (χ0) is 15.1. The summed E-state index contributed by atoms with van der Waals surface area (Å²) in [5.41, 5.74) is 3.41. The quantitative estimate of drug-likeness (QED) is 0.791. The molecule has 6 heteroatoms. The Morgan fingerprint density at radius 3 is 3.18 bits per heavy atom. The first kappa shape index (κ1) is 13.3. The van der Waals surface area contributed by atoms with Gasteiger partial charge in [-0.15, -0.1) is 0 Å². The smallest absolute Gasteiger partial charge is 0.270 e. The Morgan fingerprint density at radius 2 is 2.27 bits per heavy atom. The van der Waals surface area contributed by atoms with Gasteiger partial charge in [-0.2, -0.15) is 0 Å². The zero-order valence-corrected chi connectivity index (χ0v) is 12.4. The monoisotopic (exact) mass is 312 g/mol. The number of hydrogen-bond acceptors (Lipinski definition) is 3. The molecule has 0 saturated heterocycles. The maximum Gasteiger partial charge on any atom is 0.270 e. The van der Waals surface area contributed by atoms with Crippen LogP contribution in [0.5, 0.6) is 0 Å². The lowest BCUT2D eigenvalue weighted by Gasteiger charge is -2.14. The molecule has 2 heterocycles. The lowest BCUT2D eigenvalue weighted by molar-refractivity contribution is 0.0931. The molecule has 2 aromatic heterocycles. The molecule has 0 bridgehead atoms. The Labute approximate surface area is 132 Å². The van der Waals surface area contributed by atoms with Crippen molar-refractivity contribution < 1.29 is 4.79 Å². The minimum atomic E-state index is -0.142. The molecule has 1 aliphatic rings. The number of aromatic nitrogens is 3. The number of carbonyl (C=O) groups excluding carboxylic acids is 1. The fourth-order valence-corrected chi connectivity index (χ4v) is 3.28. The van der Waals surface area contributed by atoms with Crippen molar-refractivity contribution in [3.05, 3.63) is 64.8 Å². The highest BCUT2D eigenvalue weighted by Crippen LogP contribution is 2.35. The van der Waals surface area contributed by atoms with Crippen LogP contribution in [0.3, 0.4) is 0 Å². The summed E-state index contributed by atoms with van der Waals surface area (Å²) in [6.45, 7) is 0. The van der Waals surface area contributed by atoms with E-state index in [1.165, 1.54) is 0 Å². The van der Waals surface area contributed by atoms with E-state index in [0.717, 1.165) is 29.0 Å². The molecule has 1 aromatic carbocycles. The molecular formula is C16H13ClN4O. The van der Waals surface area contributed by atoms with Crippen LogP contribution in [-0.4, -0.2) is 20.3 Å². The van der Waals surface area contributed by atoms with E-state index in [-0.39, 0.29) is 11.9 Å². The van der Waals surface area contributed by atoms with Crippen LogP contribution < -0.4 is 5.32 Å². The molecule has 3 aromatic rings. The highest BCUT2D eigenvalue weighted by atomic mass is 35.5. The van der Waals surface area contributed by atoms with Crippen LogP contribution in [-0.2, 0) is 6.42 Å². The predicted molar refractivity (Wildman–Crippen MR) is 83.0 cm³/mol. The van der Waals surface area contributed by atoms with Crippen molar-refractivity contribution >= 4 is 23.2 Å². The van der Waals surface area contributed by atoms with Gasteiger partial charge in [0.15, 0.2) is 5.65 Å². The Balaban J connectivity index is 1.63. The number of imidazole rings is 1. The molecule has 1 N–H and O–H groups in total.